The quantitative estimate of drug-likeness (QED) is 0.783. The first-order valence-electron chi connectivity index (χ1n) is 6.76. The summed E-state index contributed by atoms with van der Waals surface area (Å²) >= 11 is 0. The summed E-state index contributed by atoms with van der Waals surface area (Å²) in [5.41, 5.74) is 0. The van der Waals surface area contributed by atoms with Crippen LogP contribution in [0.3, 0.4) is 0 Å². The maximum Gasteiger partial charge on any atom is 0.0588 e. The molecule has 94 valence electrons. The summed E-state index contributed by atoms with van der Waals surface area (Å²) in [6, 6.07) is 0. The molecular weight excluding hydrogens is 200 g/mol. The third-order valence-electron chi connectivity index (χ3n) is 4.09. The fourth-order valence-electron chi connectivity index (χ4n) is 2.96. The van der Waals surface area contributed by atoms with Crippen LogP contribution >= 0.6 is 0 Å². The number of nitrogens with one attached hydrogen (secondary N) is 1. The van der Waals surface area contributed by atoms with Crippen LogP contribution in [0.4, 0.5) is 0 Å². The lowest BCUT2D eigenvalue weighted by Gasteiger charge is -2.30. The van der Waals surface area contributed by atoms with Crippen LogP contribution in [-0.2, 0) is 4.74 Å². The van der Waals surface area contributed by atoms with Crippen molar-refractivity contribution in [3.63, 3.8) is 0 Å². The molecule has 0 radical (unpaired) electrons. The third kappa shape index (κ3) is 3.44. The summed E-state index contributed by atoms with van der Waals surface area (Å²) in [4.78, 5) is 2.46. The Labute approximate surface area is 99.5 Å². The van der Waals surface area contributed by atoms with Gasteiger partial charge in [0.2, 0.25) is 0 Å². The van der Waals surface area contributed by atoms with Crippen molar-refractivity contribution in [3.8, 4) is 0 Å². The van der Waals surface area contributed by atoms with E-state index in [1.807, 2.05) is 0 Å². The Morgan fingerprint density at radius 1 is 1.31 bits per heavy atom. The molecule has 2 heterocycles. The van der Waals surface area contributed by atoms with Gasteiger partial charge in [-0.2, -0.15) is 0 Å². The van der Waals surface area contributed by atoms with Gasteiger partial charge >= 0.3 is 0 Å². The highest BCUT2D eigenvalue weighted by molar-refractivity contribution is 4.77. The van der Waals surface area contributed by atoms with Crippen molar-refractivity contribution in [1.82, 2.24) is 10.2 Å². The average Bonchev–Trinajstić information content (AvgIpc) is 2.65. The van der Waals surface area contributed by atoms with Gasteiger partial charge in [0.05, 0.1) is 6.10 Å². The first kappa shape index (κ1) is 12.3. The van der Waals surface area contributed by atoms with Gasteiger partial charge in [0.25, 0.3) is 0 Å². The smallest absolute Gasteiger partial charge is 0.0588 e. The standard InChI is InChI=1S/C13H26N2O/c1-11-13(5-7-16-11)9-14-8-12-4-3-6-15(2)10-12/h11-14H,3-10H2,1-2H3. The number of piperidine rings is 1. The number of ether oxygens (including phenoxy) is 1. The second kappa shape index (κ2) is 5.99. The van der Waals surface area contributed by atoms with Crippen molar-refractivity contribution >= 4 is 0 Å². The van der Waals surface area contributed by atoms with E-state index >= 15 is 0 Å². The van der Waals surface area contributed by atoms with Crippen LogP contribution in [0.15, 0.2) is 0 Å². The van der Waals surface area contributed by atoms with E-state index in [1.54, 1.807) is 0 Å². The second-order valence-electron chi connectivity index (χ2n) is 5.55. The summed E-state index contributed by atoms with van der Waals surface area (Å²) in [6.45, 7) is 8.04. The molecule has 0 saturated carbocycles. The highest BCUT2D eigenvalue weighted by Crippen LogP contribution is 2.20. The third-order valence-corrected chi connectivity index (χ3v) is 4.09. The van der Waals surface area contributed by atoms with Crippen LogP contribution in [0.2, 0.25) is 0 Å². The van der Waals surface area contributed by atoms with Crippen molar-refractivity contribution in [2.45, 2.75) is 32.3 Å². The van der Waals surface area contributed by atoms with E-state index in [0.717, 1.165) is 25.0 Å². The summed E-state index contributed by atoms with van der Waals surface area (Å²) in [6.07, 6.45) is 4.46. The van der Waals surface area contributed by atoms with E-state index in [2.05, 4.69) is 24.2 Å². The summed E-state index contributed by atoms with van der Waals surface area (Å²) in [5.74, 6) is 1.60. The predicted octanol–water partition coefficient (Wildman–Crippen LogP) is 1.34. The highest BCUT2D eigenvalue weighted by atomic mass is 16.5. The van der Waals surface area contributed by atoms with Gasteiger partial charge in [-0.25, -0.2) is 0 Å². The van der Waals surface area contributed by atoms with Gasteiger partial charge in [0, 0.05) is 19.7 Å². The average molecular weight is 226 g/mol. The molecule has 2 saturated heterocycles. The minimum atomic E-state index is 0.460. The lowest BCUT2D eigenvalue weighted by Crippen LogP contribution is -2.39. The Morgan fingerprint density at radius 3 is 2.88 bits per heavy atom. The molecule has 2 fully saturated rings. The first-order chi connectivity index (χ1) is 7.75. The molecule has 2 aliphatic rings. The van der Waals surface area contributed by atoms with Crippen LogP contribution in [0.5, 0.6) is 0 Å². The molecule has 0 bridgehead atoms. The lowest BCUT2D eigenvalue weighted by molar-refractivity contribution is 0.105. The van der Waals surface area contributed by atoms with Crippen molar-refractivity contribution in [3.05, 3.63) is 0 Å². The van der Waals surface area contributed by atoms with E-state index in [0.29, 0.717) is 6.10 Å². The summed E-state index contributed by atoms with van der Waals surface area (Å²) < 4.78 is 5.58. The largest absolute Gasteiger partial charge is 0.378 e. The Balaban J connectivity index is 1.60. The van der Waals surface area contributed by atoms with Gasteiger partial charge < -0.3 is 15.0 Å². The number of hydrogen-bond donors (Lipinski definition) is 1. The summed E-state index contributed by atoms with van der Waals surface area (Å²) in [5, 5.41) is 3.64. The molecular formula is C13H26N2O. The minimum Gasteiger partial charge on any atom is -0.378 e. The fraction of sp³-hybridized carbons (Fsp3) is 1.00. The molecule has 0 aromatic heterocycles. The molecule has 3 heteroatoms. The SMILES string of the molecule is CC1OCCC1CNCC1CCCN(C)C1. The predicted molar refractivity (Wildman–Crippen MR) is 66.6 cm³/mol. The number of hydrogen-bond acceptors (Lipinski definition) is 3. The Hall–Kier alpha value is -0.120. The zero-order chi connectivity index (χ0) is 11.4. The highest BCUT2D eigenvalue weighted by Gasteiger charge is 2.24. The second-order valence-corrected chi connectivity index (χ2v) is 5.55. The normalized spacial score (nSPS) is 36.8. The molecule has 3 unspecified atom stereocenters. The van der Waals surface area contributed by atoms with E-state index in [1.165, 1.54) is 38.9 Å². The topological polar surface area (TPSA) is 24.5 Å². The van der Waals surface area contributed by atoms with E-state index in [4.69, 9.17) is 4.74 Å². The van der Waals surface area contributed by atoms with Crippen LogP contribution in [0.25, 0.3) is 0 Å². The minimum absolute atomic E-state index is 0.460. The van der Waals surface area contributed by atoms with E-state index in [-0.39, 0.29) is 0 Å². The van der Waals surface area contributed by atoms with Crippen molar-refractivity contribution in [2.24, 2.45) is 11.8 Å². The van der Waals surface area contributed by atoms with Gasteiger partial charge in [-0.3, -0.25) is 0 Å². The lowest BCUT2D eigenvalue weighted by atomic mass is 9.97. The molecule has 0 aromatic carbocycles. The van der Waals surface area contributed by atoms with Gasteiger partial charge in [-0.05, 0) is 58.2 Å². The fourth-order valence-corrected chi connectivity index (χ4v) is 2.96. The molecule has 2 aliphatic heterocycles. The van der Waals surface area contributed by atoms with Crippen molar-refractivity contribution < 1.29 is 4.74 Å². The van der Waals surface area contributed by atoms with Gasteiger partial charge in [-0.1, -0.05) is 0 Å². The molecule has 2 rings (SSSR count). The number of rotatable bonds is 4. The van der Waals surface area contributed by atoms with Gasteiger partial charge in [0.15, 0.2) is 0 Å². The Morgan fingerprint density at radius 2 is 2.19 bits per heavy atom. The zero-order valence-corrected chi connectivity index (χ0v) is 10.7. The Kier molecular flexibility index (Phi) is 4.62. The van der Waals surface area contributed by atoms with Gasteiger partial charge in [0.1, 0.15) is 0 Å². The van der Waals surface area contributed by atoms with Crippen molar-refractivity contribution in [1.29, 1.82) is 0 Å². The van der Waals surface area contributed by atoms with Gasteiger partial charge in [-0.15, -0.1) is 0 Å². The number of likely N-dealkylation sites (tertiary alicyclic amines) is 1. The molecule has 16 heavy (non-hydrogen) atoms. The van der Waals surface area contributed by atoms with Crippen LogP contribution in [-0.4, -0.2) is 50.8 Å². The first-order valence-corrected chi connectivity index (χ1v) is 6.76. The van der Waals surface area contributed by atoms with Crippen LogP contribution in [0.1, 0.15) is 26.2 Å². The molecule has 0 amide bonds. The van der Waals surface area contributed by atoms with Crippen LogP contribution in [0, 0.1) is 11.8 Å². The maximum absolute atomic E-state index is 5.58. The van der Waals surface area contributed by atoms with E-state index < -0.39 is 0 Å². The molecule has 3 nitrogen and oxygen atoms in total. The molecule has 0 aromatic rings. The van der Waals surface area contributed by atoms with E-state index in [9.17, 15) is 0 Å². The molecule has 3 atom stereocenters. The summed E-state index contributed by atoms with van der Waals surface area (Å²) in [7, 11) is 2.24. The molecule has 0 aliphatic carbocycles. The van der Waals surface area contributed by atoms with Crippen molar-refractivity contribution in [2.75, 3.05) is 39.8 Å². The Bertz CT molecular complexity index is 210. The monoisotopic (exact) mass is 226 g/mol. The van der Waals surface area contributed by atoms with Crippen LogP contribution < -0.4 is 5.32 Å². The molecule has 1 N–H and O–H groups in total. The number of nitrogens with zero attached hydrogens (tertiary/aromatic N) is 1. The maximum atomic E-state index is 5.58. The molecule has 0 spiro atoms. The zero-order valence-electron chi connectivity index (χ0n) is 10.7.